The number of halogens is 4. The molecule has 1 aromatic heterocycles. The number of nitrogens with zero attached hydrogens (tertiary/aromatic N) is 3. The van der Waals surface area contributed by atoms with Crippen LogP contribution in [0.4, 0.5) is 13.2 Å². The first-order valence-corrected chi connectivity index (χ1v) is 9.58. The van der Waals surface area contributed by atoms with Gasteiger partial charge in [0.2, 0.25) is 10.0 Å². The minimum Gasteiger partial charge on any atom is -0.336 e. The maximum Gasteiger partial charge on any atom is 0.255 e. The van der Waals surface area contributed by atoms with Gasteiger partial charge in [0.15, 0.2) is 17.5 Å². The number of carbonyl (C=O) groups excluding carboxylic acids is 1. The molecule has 0 radical (unpaired) electrons. The van der Waals surface area contributed by atoms with Crippen LogP contribution in [0.3, 0.4) is 0 Å². The fourth-order valence-corrected chi connectivity index (χ4v) is 4.25. The Kier molecular flexibility index (Phi) is 5.41. The highest BCUT2D eigenvalue weighted by Gasteiger charge is 2.33. The van der Waals surface area contributed by atoms with E-state index >= 15 is 0 Å². The van der Waals surface area contributed by atoms with Gasteiger partial charge in [-0.05, 0) is 24.3 Å². The Labute approximate surface area is 158 Å². The maximum atomic E-state index is 13.9. The molecule has 0 bridgehead atoms. The molecule has 11 heteroatoms. The maximum absolute atomic E-state index is 13.9. The molecule has 1 saturated heterocycles. The molecule has 0 N–H and O–H groups in total. The Morgan fingerprint density at radius 3 is 2.26 bits per heavy atom. The molecule has 0 saturated carbocycles. The van der Waals surface area contributed by atoms with E-state index in [4.69, 9.17) is 11.6 Å². The Balaban J connectivity index is 1.74. The molecule has 1 aliphatic rings. The van der Waals surface area contributed by atoms with Crippen molar-refractivity contribution in [3.63, 3.8) is 0 Å². The number of aromatic nitrogens is 1. The summed E-state index contributed by atoms with van der Waals surface area (Å²) in [5.74, 6) is -5.44. The molecule has 1 fully saturated rings. The second-order valence-corrected chi connectivity index (χ2v) is 8.03. The molecule has 0 spiro atoms. The number of sulfonamides is 1. The molecule has 2 aromatic rings. The number of benzene rings is 1. The molecule has 1 aromatic carbocycles. The Morgan fingerprint density at radius 2 is 1.67 bits per heavy atom. The van der Waals surface area contributed by atoms with Gasteiger partial charge in [0, 0.05) is 32.4 Å². The fraction of sp³-hybridized carbons (Fsp3) is 0.250. The lowest BCUT2D eigenvalue weighted by atomic mass is 10.2. The van der Waals surface area contributed by atoms with E-state index in [-0.39, 0.29) is 37.2 Å². The van der Waals surface area contributed by atoms with Crippen molar-refractivity contribution in [3.05, 3.63) is 58.6 Å². The number of carbonyl (C=O) groups is 1. The van der Waals surface area contributed by atoms with Gasteiger partial charge in [-0.15, -0.1) is 0 Å². The lowest BCUT2D eigenvalue weighted by Crippen LogP contribution is -2.50. The summed E-state index contributed by atoms with van der Waals surface area (Å²) in [5.41, 5.74) is 0.294. The van der Waals surface area contributed by atoms with Crippen LogP contribution in [0.15, 0.2) is 35.4 Å². The van der Waals surface area contributed by atoms with Crippen molar-refractivity contribution < 1.29 is 26.4 Å². The minimum absolute atomic E-state index is 0.0476. The van der Waals surface area contributed by atoms with Crippen LogP contribution >= 0.6 is 11.6 Å². The SMILES string of the molecule is O=C(c1ccc(Cl)nc1)N1CCN(S(=O)(=O)c2ccc(F)c(F)c2F)CC1. The molecule has 1 amide bonds. The first-order chi connectivity index (χ1) is 12.7. The first kappa shape index (κ1) is 19.6. The monoisotopic (exact) mass is 419 g/mol. The predicted molar refractivity (Wildman–Crippen MR) is 90.2 cm³/mol. The molecular formula is C16H13ClF3N3O3S. The highest BCUT2D eigenvalue weighted by Crippen LogP contribution is 2.24. The first-order valence-electron chi connectivity index (χ1n) is 7.76. The third-order valence-corrected chi connectivity index (χ3v) is 6.26. The predicted octanol–water partition coefficient (Wildman–Crippen LogP) is 2.30. The van der Waals surface area contributed by atoms with E-state index in [1.54, 1.807) is 0 Å². The Morgan fingerprint density at radius 1 is 1.00 bits per heavy atom. The van der Waals surface area contributed by atoms with E-state index in [1.165, 1.54) is 23.2 Å². The van der Waals surface area contributed by atoms with Gasteiger partial charge in [-0.1, -0.05) is 11.6 Å². The van der Waals surface area contributed by atoms with Gasteiger partial charge in [0.1, 0.15) is 10.0 Å². The second kappa shape index (κ2) is 7.45. The third-order valence-electron chi connectivity index (χ3n) is 4.12. The van der Waals surface area contributed by atoms with Crippen LogP contribution in [-0.4, -0.2) is 54.7 Å². The van der Waals surface area contributed by atoms with Crippen molar-refractivity contribution in [3.8, 4) is 0 Å². The Bertz CT molecular complexity index is 978. The van der Waals surface area contributed by atoms with Crippen molar-refractivity contribution in [2.24, 2.45) is 0 Å². The molecule has 2 heterocycles. The standard InChI is InChI=1S/C16H13ClF3N3O3S/c17-13-4-1-10(9-21-13)16(24)22-5-7-23(8-6-22)27(25,26)12-3-2-11(18)14(19)15(12)20/h1-4,9H,5-8H2. The van der Waals surface area contributed by atoms with Crippen LogP contribution in [0.1, 0.15) is 10.4 Å². The zero-order chi connectivity index (χ0) is 19.8. The van der Waals surface area contributed by atoms with Crippen molar-refractivity contribution in [1.82, 2.24) is 14.2 Å². The van der Waals surface area contributed by atoms with Crippen molar-refractivity contribution in [2.75, 3.05) is 26.2 Å². The van der Waals surface area contributed by atoms with Gasteiger partial charge >= 0.3 is 0 Å². The van der Waals surface area contributed by atoms with Crippen LogP contribution in [0.5, 0.6) is 0 Å². The normalized spacial score (nSPS) is 15.8. The van der Waals surface area contributed by atoms with E-state index in [0.717, 1.165) is 4.31 Å². The summed E-state index contributed by atoms with van der Waals surface area (Å²) >= 11 is 5.67. The Hall–Kier alpha value is -2.17. The number of pyridine rings is 1. The molecule has 1 aliphatic heterocycles. The van der Waals surface area contributed by atoms with Crippen molar-refractivity contribution in [1.29, 1.82) is 0 Å². The van der Waals surface area contributed by atoms with Gasteiger partial charge in [0.05, 0.1) is 5.56 Å². The molecule has 3 rings (SSSR count). The van der Waals surface area contributed by atoms with Crippen LogP contribution < -0.4 is 0 Å². The summed E-state index contributed by atoms with van der Waals surface area (Å²) in [4.78, 5) is 16.7. The van der Waals surface area contributed by atoms with E-state index in [9.17, 15) is 26.4 Å². The second-order valence-electron chi connectivity index (χ2n) is 5.74. The summed E-state index contributed by atoms with van der Waals surface area (Å²) in [6, 6.07) is 4.19. The zero-order valence-electron chi connectivity index (χ0n) is 13.7. The smallest absolute Gasteiger partial charge is 0.255 e. The van der Waals surface area contributed by atoms with E-state index in [2.05, 4.69) is 4.98 Å². The van der Waals surface area contributed by atoms with Crippen molar-refractivity contribution >= 4 is 27.5 Å². The molecule has 0 aliphatic carbocycles. The van der Waals surface area contributed by atoms with Gasteiger partial charge in [-0.3, -0.25) is 4.79 Å². The number of amides is 1. The van der Waals surface area contributed by atoms with Crippen LogP contribution in [0.25, 0.3) is 0 Å². The molecule has 6 nitrogen and oxygen atoms in total. The zero-order valence-corrected chi connectivity index (χ0v) is 15.3. The van der Waals surface area contributed by atoms with Crippen LogP contribution in [0, 0.1) is 17.5 Å². The molecule has 144 valence electrons. The van der Waals surface area contributed by atoms with Gasteiger partial charge in [-0.25, -0.2) is 26.6 Å². The molecule has 27 heavy (non-hydrogen) atoms. The average Bonchev–Trinajstić information content (AvgIpc) is 2.66. The minimum atomic E-state index is -4.37. The highest BCUT2D eigenvalue weighted by atomic mass is 35.5. The van der Waals surface area contributed by atoms with E-state index in [0.29, 0.717) is 17.7 Å². The fourth-order valence-electron chi connectivity index (χ4n) is 2.66. The lowest BCUT2D eigenvalue weighted by Gasteiger charge is -2.34. The number of rotatable bonds is 3. The van der Waals surface area contributed by atoms with Gasteiger partial charge < -0.3 is 4.90 Å². The van der Waals surface area contributed by atoms with Gasteiger partial charge in [-0.2, -0.15) is 4.31 Å². The number of piperazine rings is 1. The number of hydrogen-bond acceptors (Lipinski definition) is 4. The number of hydrogen-bond donors (Lipinski definition) is 0. The van der Waals surface area contributed by atoms with Crippen LogP contribution in [-0.2, 0) is 10.0 Å². The lowest BCUT2D eigenvalue weighted by molar-refractivity contribution is 0.0697. The summed E-state index contributed by atoms with van der Waals surface area (Å²) in [6.07, 6.45) is 1.31. The summed E-state index contributed by atoms with van der Waals surface area (Å²) in [5, 5.41) is 0.232. The van der Waals surface area contributed by atoms with Gasteiger partial charge in [0.25, 0.3) is 5.91 Å². The van der Waals surface area contributed by atoms with Crippen LogP contribution in [0.2, 0.25) is 5.15 Å². The molecule has 0 atom stereocenters. The quantitative estimate of drug-likeness (QED) is 0.565. The molecule has 0 unspecified atom stereocenters. The summed E-state index contributed by atoms with van der Waals surface area (Å²) in [6.45, 7) is -0.140. The summed E-state index contributed by atoms with van der Waals surface area (Å²) in [7, 11) is -4.37. The van der Waals surface area contributed by atoms with Crippen molar-refractivity contribution in [2.45, 2.75) is 4.90 Å². The summed E-state index contributed by atoms with van der Waals surface area (Å²) < 4.78 is 66.2. The topological polar surface area (TPSA) is 70.6 Å². The highest BCUT2D eigenvalue weighted by molar-refractivity contribution is 7.89. The van der Waals surface area contributed by atoms with E-state index < -0.39 is 32.4 Å². The molecular weight excluding hydrogens is 407 g/mol. The largest absolute Gasteiger partial charge is 0.336 e. The van der Waals surface area contributed by atoms with E-state index in [1.807, 2.05) is 0 Å². The third kappa shape index (κ3) is 3.78. The average molecular weight is 420 g/mol.